The Kier molecular flexibility index (Phi) is 2.90. The van der Waals surface area contributed by atoms with Crippen LogP contribution in [0.4, 0.5) is 0 Å². The van der Waals surface area contributed by atoms with Gasteiger partial charge in [0.05, 0.1) is 0 Å². The van der Waals surface area contributed by atoms with Crippen molar-refractivity contribution in [2.75, 3.05) is 12.3 Å². The van der Waals surface area contributed by atoms with Gasteiger partial charge in [-0.15, -0.1) is 0 Å². The van der Waals surface area contributed by atoms with Gasteiger partial charge in [0.1, 0.15) is 7.57 Å². The molecule has 1 aliphatic heterocycles. The number of hydrogen-bond acceptors (Lipinski definition) is 0. The normalized spacial score (nSPS) is 25.0. The van der Waals surface area contributed by atoms with Crippen LogP contribution in [-0.4, -0.2) is 19.9 Å². The minimum Gasteiger partial charge on any atom is -0.157 e. The molecule has 1 rings (SSSR count). The van der Waals surface area contributed by atoms with E-state index in [4.69, 9.17) is 7.57 Å². The summed E-state index contributed by atoms with van der Waals surface area (Å²) in [5.74, 6) is 0. The lowest BCUT2D eigenvalue weighted by Gasteiger charge is -2.05. The molecule has 0 aromatic heterocycles. The first-order valence-electron chi connectivity index (χ1n) is 3.39. The molecule has 2 heteroatoms. The molecule has 0 nitrogen and oxygen atoms in total. The van der Waals surface area contributed by atoms with Crippen LogP contribution in [0.25, 0.3) is 0 Å². The molecule has 0 atom stereocenters. The van der Waals surface area contributed by atoms with E-state index in [2.05, 4.69) is 0 Å². The molecule has 0 saturated carbocycles. The molecule has 1 saturated heterocycles. The Labute approximate surface area is 54.2 Å². The lowest BCUT2D eigenvalue weighted by atomic mass is 10.2. The summed E-state index contributed by atoms with van der Waals surface area (Å²) >= 11 is 0. The Balaban J connectivity index is 2.17. The summed E-state index contributed by atoms with van der Waals surface area (Å²) in [5.41, 5.74) is 0. The largest absolute Gasteiger partial charge is 0.157 e. The Morgan fingerprint density at radius 2 is 1.38 bits per heavy atom. The third-order valence-corrected chi connectivity index (χ3v) is 3.42. The van der Waals surface area contributed by atoms with Gasteiger partial charge in [-0.1, -0.05) is 25.7 Å². The molecule has 1 fully saturated rings. The molecule has 44 valence electrons. The monoisotopic (exact) mass is 126 g/mol. The van der Waals surface area contributed by atoms with Gasteiger partial charge in [-0.25, -0.2) is 0 Å². The maximum absolute atomic E-state index is 5.80. The Morgan fingerprint density at radius 1 is 0.875 bits per heavy atom. The van der Waals surface area contributed by atoms with E-state index in [0.29, 0.717) is 0 Å². The zero-order valence-electron chi connectivity index (χ0n) is 5.27. The van der Waals surface area contributed by atoms with Crippen LogP contribution in [0.15, 0.2) is 0 Å². The molecule has 0 aromatic carbocycles. The Morgan fingerprint density at radius 3 is 1.88 bits per heavy atom. The van der Waals surface area contributed by atoms with E-state index in [1.807, 2.05) is 0 Å². The molecule has 1 aliphatic rings. The van der Waals surface area contributed by atoms with Crippen molar-refractivity contribution in [3.05, 3.63) is 0 Å². The topological polar surface area (TPSA) is 0 Å². The Hall–Kier alpha value is 0.495. The number of rotatable bonds is 0. The van der Waals surface area contributed by atoms with Crippen LogP contribution in [0.5, 0.6) is 0 Å². The molecule has 2 radical (unpaired) electrons. The fraction of sp³-hybridized carbons (Fsp3) is 1.00. The molecule has 0 aromatic rings. The summed E-state index contributed by atoms with van der Waals surface area (Å²) in [6.45, 7) is 0. The molecule has 0 amide bonds. The minimum atomic E-state index is -0.0183. The maximum Gasteiger partial charge on any atom is 0.109 e. The standard InChI is InChI=1S/C6H12BP/c7-8-5-3-1-2-4-6-8/h1-6H2. The van der Waals surface area contributed by atoms with Gasteiger partial charge in [-0.3, -0.25) is 0 Å². The number of hydrogen-bond donors (Lipinski definition) is 0. The molecule has 0 spiro atoms. The van der Waals surface area contributed by atoms with Gasteiger partial charge >= 0.3 is 0 Å². The van der Waals surface area contributed by atoms with Crippen molar-refractivity contribution in [3.8, 4) is 0 Å². The second-order valence-corrected chi connectivity index (χ2v) is 4.52. The quantitative estimate of drug-likeness (QED) is 0.344. The smallest absolute Gasteiger partial charge is 0.109 e. The minimum absolute atomic E-state index is 0.0183. The van der Waals surface area contributed by atoms with E-state index in [1.54, 1.807) is 0 Å². The van der Waals surface area contributed by atoms with E-state index in [0.717, 1.165) is 0 Å². The second-order valence-electron chi connectivity index (χ2n) is 2.45. The molecule has 0 N–H and O–H groups in total. The van der Waals surface area contributed by atoms with Crippen LogP contribution >= 0.6 is 7.80 Å². The molecular weight excluding hydrogens is 114 g/mol. The molecule has 0 unspecified atom stereocenters. The molecule has 8 heavy (non-hydrogen) atoms. The molecular formula is C6H12BP. The van der Waals surface area contributed by atoms with Crippen molar-refractivity contribution in [2.24, 2.45) is 0 Å². The molecule has 0 aliphatic carbocycles. The van der Waals surface area contributed by atoms with E-state index in [-0.39, 0.29) is 7.80 Å². The van der Waals surface area contributed by atoms with E-state index in [1.165, 1.54) is 38.0 Å². The first-order chi connectivity index (χ1) is 3.89. The average molecular weight is 126 g/mol. The van der Waals surface area contributed by atoms with Gasteiger partial charge in [0.15, 0.2) is 0 Å². The highest BCUT2D eigenvalue weighted by Crippen LogP contribution is 2.34. The fourth-order valence-corrected chi connectivity index (χ4v) is 2.58. The summed E-state index contributed by atoms with van der Waals surface area (Å²) in [6, 6.07) is 0. The third kappa shape index (κ3) is 2.18. The van der Waals surface area contributed by atoms with Crippen LogP contribution in [0.3, 0.4) is 0 Å². The maximum atomic E-state index is 5.80. The van der Waals surface area contributed by atoms with Gasteiger partial charge in [0, 0.05) is 0 Å². The zero-order chi connectivity index (χ0) is 5.82. The van der Waals surface area contributed by atoms with Crippen LogP contribution in [-0.2, 0) is 0 Å². The van der Waals surface area contributed by atoms with Crippen molar-refractivity contribution in [3.63, 3.8) is 0 Å². The summed E-state index contributed by atoms with van der Waals surface area (Å²) in [7, 11) is 5.78. The van der Waals surface area contributed by atoms with E-state index in [9.17, 15) is 0 Å². The highest BCUT2D eigenvalue weighted by atomic mass is 31.1. The van der Waals surface area contributed by atoms with Crippen molar-refractivity contribution in [1.29, 1.82) is 0 Å². The Bertz CT molecular complexity index is 57.5. The summed E-state index contributed by atoms with van der Waals surface area (Å²) < 4.78 is 0. The first-order valence-corrected chi connectivity index (χ1v) is 5.17. The second kappa shape index (κ2) is 3.51. The summed E-state index contributed by atoms with van der Waals surface area (Å²) in [6.07, 6.45) is 8.29. The predicted molar refractivity (Wildman–Crippen MR) is 40.9 cm³/mol. The van der Waals surface area contributed by atoms with Crippen LogP contribution in [0, 0.1) is 0 Å². The van der Waals surface area contributed by atoms with Crippen molar-refractivity contribution in [1.82, 2.24) is 0 Å². The van der Waals surface area contributed by atoms with Crippen molar-refractivity contribution in [2.45, 2.75) is 25.7 Å². The third-order valence-electron chi connectivity index (χ3n) is 1.64. The van der Waals surface area contributed by atoms with E-state index < -0.39 is 0 Å². The predicted octanol–water partition coefficient (Wildman–Crippen LogP) is 2.13. The van der Waals surface area contributed by atoms with Crippen LogP contribution < -0.4 is 0 Å². The summed E-state index contributed by atoms with van der Waals surface area (Å²) in [4.78, 5) is 0. The van der Waals surface area contributed by atoms with Crippen molar-refractivity contribution >= 4 is 15.4 Å². The first kappa shape index (κ1) is 6.61. The van der Waals surface area contributed by atoms with Gasteiger partial charge in [-0.05, 0) is 12.3 Å². The lowest BCUT2D eigenvalue weighted by Crippen LogP contribution is -1.82. The summed E-state index contributed by atoms with van der Waals surface area (Å²) in [5, 5.41) is 0. The van der Waals surface area contributed by atoms with Crippen molar-refractivity contribution < 1.29 is 0 Å². The lowest BCUT2D eigenvalue weighted by molar-refractivity contribution is 0.726. The average Bonchev–Trinajstić information content (AvgIpc) is 1.94. The van der Waals surface area contributed by atoms with E-state index >= 15 is 0 Å². The van der Waals surface area contributed by atoms with Gasteiger partial charge < -0.3 is 0 Å². The molecule has 0 bridgehead atoms. The zero-order valence-corrected chi connectivity index (χ0v) is 6.16. The fourth-order valence-electron chi connectivity index (χ4n) is 1.10. The van der Waals surface area contributed by atoms with Gasteiger partial charge in [0.25, 0.3) is 0 Å². The van der Waals surface area contributed by atoms with Crippen LogP contribution in [0.2, 0.25) is 0 Å². The van der Waals surface area contributed by atoms with Crippen LogP contribution in [0.1, 0.15) is 25.7 Å². The van der Waals surface area contributed by atoms with Gasteiger partial charge in [-0.2, -0.15) is 7.80 Å². The molecule has 1 heterocycles. The SMILES string of the molecule is [B]P1CCCCCC1. The van der Waals surface area contributed by atoms with Gasteiger partial charge in [0.2, 0.25) is 0 Å². The highest BCUT2D eigenvalue weighted by molar-refractivity contribution is 7.82. The highest BCUT2D eigenvalue weighted by Gasteiger charge is 2.03.